The molecule has 92 valence electrons. The number of hydrogen-bond donors (Lipinski definition) is 1. The van der Waals surface area contributed by atoms with Crippen LogP contribution in [0.5, 0.6) is 5.75 Å². The Labute approximate surface area is 106 Å². The maximum atomic E-state index is 11.9. The molecule has 4 heteroatoms. The molecular formula is C14H15N2O2+. The summed E-state index contributed by atoms with van der Waals surface area (Å²) in [6.07, 6.45) is 3.67. The van der Waals surface area contributed by atoms with Crippen LogP contribution in [0.3, 0.4) is 0 Å². The summed E-state index contributed by atoms with van der Waals surface area (Å²) in [6, 6.07) is 10.8. The molecule has 0 radical (unpaired) electrons. The fourth-order valence-corrected chi connectivity index (χ4v) is 1.53. The number of benzene rings is 1. The molecule has 1 heterocycles. The van der Waals surface area contributed by atoms with Crippen molar-refractivity contribution in [3.05, 3.63) is 54.4 Å². The van der Waals surface area contributed by atoms with Gasteiger partial charge in [-0.25, -0.2) is 4.57 Å². The van der Waals surface area contributed by atoms with E-state index < -0.39 is 0 Å². The number of nitrogens with one attached hydrogen (secondary N) is 1. The maximum Gasteiger partial charge on any atom is 0.256 e. The lowest BCUT2D eigenvalue weighted by atomic mass is 10.2. The summed E-state index contributed by atoms with van der Waals surface area (Å²) in [4.78, 5) is 11.9. The number of ether oxygens (including phenoxy) is 1. The van der Waals surface area contributed by atoms with Crippen LogP contribution in [0, 0.1) is 0 Å². The maximum absolute atomic E-state index is 11.9. The summed E-state index contributed by atoms with van der Waals surface area (Å²) in [7, 11) is 3.52. The van der Waals surface area contributed by atoms with Gasteiger partial charge in [-0.3, -0.25) is 4.79 Å². The first kappa shape index (κ1) is 12.1. The summed E-state index contributed by atoms with van der Waals surface area (Å²) in [6.45, 7) is 0. The number of anilines is 1. The molecule has 0 bridgehead atoms. The van der Waals surface area contributed by atoms with E-state index in [1.165, 1.54) is 0 Å². The molecule has 1 N–H and O–H groups in total. The van der Waals surface area contributed by atoms with E-state index in [0.29, 0.717) is 5.56 Å². The molecule has 0 aliphatic rings. The number of aromatic nitrogens is 1. The lowest BCUT2D eigenvalue weighted by molar-refractivity contribution is -0.671. The van der Waals surface area contributed by atoms with Gasteiger partial charge < -0.3 is 10.1 Å². The van der Waals surface area contributed by atoms with Crippen LogP contribution in [0.25, 0.3) is 0 Å². The monoisotopic (exact) mass is 243 g/mol. The second-order valence-corrected chi connectivity index (χ2v) is 3.93. The minimum atomic E-state index is -0.124. The molecule has 1 aromatic heterocycles. The Balaban J connectivity index is 2.08. The summed E-state index contributed by atoms with van der Waals surface area (Å²) in [5.74, 6) is 0.639. The number of amides is 1. The molecule has 0 unspecified atom stereocenters. The third kappa shape index (κ3) is 2.85. The van der Waals surface area contributed by atoms with Gasteiger partial charge in [0.25, 0.3) is 5.91 Å². The zero-order chi connectivity index (χ0) is 13.0. The number of hydrogen-bond acceptors (Lipinski definition) is 2. The Hall–Kier alpha value is -2.36. The van der Waals surface area contributed by atoms with Gasteiger partial charge in [0.2, 0.25) is 0 Å². The van der Waals surface area contributed by atoms with Crippen LogP contribution in [0.1, 0.15) is 10.4 Å². The molecule has 0 atom stereocenters. The van der Waals surface area contributed by atoms with Gasteiger partial charge in [0.15, 0.2) is 12.4 Å². The lowest BCUT2D eigenvalue weighted by Gasteiger charge is -2.05. The predicted molar refractivity (Wildman–Crippen MR) is 68.6 cm³/mol. The van der Waals surface area contributed by atoms with Gasteiger partial charge in [-0.15, -0.1) is 0 Å². The SMILES string of the molecule is COc1ccc(NC(=O)c2cc[n+](C)cc2)cc1. The molecular weight excluding hydrogens is 228 g/mol. The third-order valence-electron chi connectivity index (χ3n) is 2.59. The summed E-state index contributed by atoms with van der Waals surface area (Å²) < 4.78 is 6.94. The molecule has 4 nitrogen and oxygen atoms in total. The van der Waals surface area contributed by atoms with Crippen LogP contribution in [0.4, 0.5) is 5.69 Å². The first-order chi connectivity index (χ1) is 8.69. The molecule has 0 aliphatic heterocycles. The van der Waals surface area contributed by atoms with E-state index in [1.54, 1.807) is 43.5 Å². The normalized spacial score (nSPS) is 9.89. The fourth-order valence-electron chi connectivity index (χ4n) is 1.53. The van der Waals surface area contributed by atoms with Gasteiger partial charge in [-0.2, -0.15) is 0 Å². The second kappa shape index (κ2) is 5.31. The van der Waals surface area contributed by atoms with Crippen LogP contribution in [0.2, 0.25) is 0 Å². The number of carbonyl (C=O) groups excluding carboxylic acids is 1. The average Bonchev–Trinajstić information content (AvgIpc) is 2.40. The van der Waals surface area contributed by atoms with Crippen molar-refractivity contribution in [3.63, 3.8) is 0 Å². The van der Waals surface area contributed by atoms with Gasteiger partial charge in [-0.1, -0.05) is 0 Å². The van der Waals surface area contributed by atoms with Crippen molar-refractivity contribution < 1.29 is 14.1 Å². The van der Waals surface area contributed by atoms with Crippen LogP contribution >= 0.6 is 0 Å². The van der Waals surface area contributed by atoms with E-state index in [9.17, 15) is 4.79 Å². The largest absolute Gasteiger partial charge is 0.497 e. The lowest BCUT2D eigenvalue weighted by Crippen LogP contribution is -2.27. The predicted octanol–water partition coefficient (Wildman–Crippen LogP) is 1.77. The Morgan fingerprint density at radius 2 is 1.72 bits per heavy atom. The number of methoxy groups -OCH3 is 1. The highest BCUT2D eigenvalue weighted by atomic mass is 16.5. The van der Waals surface area contributed by atoms with Crippen molar-refractivity contribution >= 4 is 11.6 Å². The topological polar surface area (TPSA) is 42.2 Å². The quantitative estimate of drug-likeness (QED) is 0.835. The Kier molecular flexibility index (Phi) is 3.57. The minimum absolute atomic E-state index is 0.124. The van der Waals surface area contributed by atoms with Crippen LogP contribution in [-0.4, -0.2) is 13.0 Å². The number of rotatable bonds is 3. The molecule has 0 saturated heterocycles. The Bertz CT molecular complexity index is 533. The standard InChI is InChI=1S/C14H14N2O2/c1-16-9-7-11(8-10-16)14(17)15-12-3-5-13(18-2)6-4-12/h3-10H,1-2H3/p+1. The Morgan fingerprint density at radius 1 is 1.11 bits per heavy atom. The van der Waals surface area contributed by atoms with E-state index in [-0.39, 0.29) is 5.91 Å². The molecule has 0 fully saturated rings. The van der Waals surface area contributed by atoms with Gasteiger partial charge in [-0.05, 0) is 24.3 Å². The van der Waals surface area contributed by atoms with E-state index in [1.807, 2.05) is 24.0 Å². The van der Waals surface area contributed by atoms with E-state index in [4.69, 9.17) is 4.74 Å². The number of aryl methyl sites for hydroxylation is 1. The van der Waals surface area contributed by atoms with Crippen molar-refractivity contribution in [2.24, 2.45) is 7.05 Å². The zero-order valence-electron chi connectivity index (χ0n) is 10.4. The van der Waals surface area contributed by atoms with E-state index in [0.717, 1.165) is 11.4 Å². The molecule has 0 saturated carbocycles. The third-order valence-corrected chi connectivity index (χ3v) is 2.59. The van der Waals surface area contributed by atoms with E-state index in [2.05, 4.69) is 5.32 Å². The van der Waals surface area contributed by atoms with Crippen molar-refractivity contribution in [2.75, 3.05) is 12.4 Å². The van der Waals surface area contributed by atoms with Crippen molar-refractivity contribution in [1.29, 1.82) is 0 Å². The van der Waals surface area contributed by atoms with Crippen molar-refractivity contribution in [1.82, 2.24) is 0 Å². The van der Waals surface area contributed by atoms with Gasteiger partial charge >= 0.3 is 0 Å². The summed E-state index contributed by atoms with van der Waals surface area (Å²) >= 11 is 0. The number of nitrogens with zero attached hydrogens (tertiary/aromatic N) is 1. The van der Waals surface area contributed by atoms with Crippen molar-refractivity contribution in [3.8, 4) is 5.75 Å². The highest BCUT2D eigenvalue weighted by molar-refractivity contribution is 6.04. The van der Waals surface area contributed by atoms with Gasteiger partial charge in [0, 0.05) is 17.8 Å². The first-order valence-corrected chi connectivity index (χ1v) is 5.60. The second-order valence-electron chi connectivity index (χ2n) is 3.93. The average molecular weight is 243 g/mol. The molecule has 1 amide bonds. The molecule has 18 heavy (non-hydrogen) atoms. The van der Waals surface area contributed by atoms with Gasteiger partial charge in [0.1, 0.15) is 12.8 Å². The molecule has 0 aliphatic carbocycles. The summed E-state index contributed by atoms with van der Waals surface area (Å²) in [5, 5.41) is 2.83. The number of carbonyl (C=O) groups is 1. The summed E-state index contributed by atoms with van der Waals surface area (Å²) in [5.41, 5.74) is 1.37. The molecule has 1 aromatic carbocycles. The van der Waals surface area contributed by atoms with Crippen LogP contribution in [0.15, 0.2) is 48.8 Å². The molecule has 2 rings (SSSR count). The van der Waals surface area contributed by atoms with Crippen LogP contribution < -0.4 is 14.6 Å². The molecule has 2 aromatic rings. The highest BCUT2D eigenvalue weighted by Crippen LogP contribution is 2.15. The molecule has 0 spiro atoms. The number of pyridine rings is 1. The van der Waals surface area contributed by atoms with E-state index >= 15 is 0 Å². The van der Waals surface area contributed by atoms with Gasteiger partial charge in [0.05, 0.1) is 12.7 Å². The highest BCUT2D eigenvalue weighted by Gasteiger charge is 2.07. The smallest absolute Gasteiger partial charge is 0.256 e. The zero-order valence-corrected chi connectivity index (χ0v) is 10.4. The first-order valence-electron chi connectivity index (χ1n) is 5.60. The van der Waals surface area contributed by atoms with Crippen molar-refractivity contribution in [2.45, 2.75) is 0 Å². The fraction of sp³-hybridized carbons (Fsp3) is 0.143. The Morgan fingerprint density at radius 3 is 2.28 bits per heavy atom. The van der Waals surface area contributed by atoms with Crippen LogP contribution in [-0.2, 0) is 7.05 Å². The minimum Gasteiger partial charge on any atom is -0.497 e.